The molecule has 5 heteroatoms. The Bertz CT molecular complexity index is 683. The lowest BCUT2D eigenvalue weighted by atomic mass is 9.93. The van der Waals surface area contributed by atoms with E-state index in [-0.39, 0.29) is 0 Å². The van der Waals surface area contributed by atoms with E-state index < -0.39 is 0 Å². The summed E-state index contributed by atoms with van der Waals surface area (Å²) in [6.45, 7) is 14.7. The molecule has 0 aromatic heterocycles. The molecule has 1 aromatic rings. The molecular weight excluding hydrogens is 388 g/mol. The molecule has 0 saturated carbocycles. The van der Waals surface area contributed by atoms with Crippen molar-refractivity contribution in [2.24, 2.45) is 0 Å². The summed E-state index contributed by atoms with van der Waals surface area (Å²) in [4.78, 5) is 0. The zero-order valence-electron chi connectivity index (χ0n) is 20.9. The molecule has 1 saturated heterocycles. The second-order valence-corrected chi connectivity index (χ2v) is 6.54. The first-order valence-electron chi connectivity index (χ1n) is 11.4. The van der Waals surface area contributed by atoms with Crippen molar-refractivity contribution in [3.05, 3.63) is 60.0 Å². The Kier molecular flexibility index (Phi) is 16.0. The lowest BCUT2D eigenvalue weighted by molar-refractivity contribution is 0.304. The fraction of sp³-hybridized carbons (Fsp3) is 0.538. The fourth-order valence-corrected chi connectivity index (χ4v) is 3.35. The maximum absolute atomic E-state index is 5.45. The van der Waals surface area contributed by atoms with Crippen LogP contribution in [0.1, 0.15) is 65.5 Å². The van der Waals surface area contributed by atoms with Crippen LogP contribution in [0, 0.1) is 0 Å². The zero-order valence-corrected chi connectivity index (χ0v) is 20.9. The van der Waals surface area contributed by atoms with Crippen LogP contribution in [0.15, 0.2) is 54.5 Å². The SMILES string of the molecule is C=C/C(=C\C(=C/C)OC)NCC1CCCC(c2ccc(OC)c(OC)c2)N1.CC.CC. The van der Waals surface area contributed by atoms with E-state index in [1.54, 1.807) is 21.3 Å². The van der Waals surface area contributed by atoms with E-state index in [0.29, 0.717) is 12.1 Å². The summed E-state index contributed by atoms with van der Waals surface area (Å²) in [6.07, 6.45) is 9.14. The van der Waals surface area contributed by atoms with Gasteiger partial charge in [-0.3, -0.25) is 0 Å². The molecular formula is C26H44N2O3. The number of benzene rings is 1. The van der Waals surface area contributed by atoms with Gasteiger partial charge in [-0.1, -0.05) is 40.3 Å². The van der Waals surface area contributed by atoms with Gasteiger partial charge in [0.05, 0.1) is 21.3 Å². The van der Waals surface area contributed by atoms with E-state index >= 15 is 0 Å². The highest BCUT2D eigenvalue weighted by Gasteiger charge is 2.23. The summed E-state index contributed by atoms with van der Waals surface area (Å²) in [5.74, 6) is 2.35. The van der Waals surface area contributed by atoms with Gasteiger partial charge in [0.25, 0.3) is 0 Å². The number of nitrogens with one attached hydrogen (secondary N) is 2. The molecule has 31 heavy (non-hydrogen) atoms. The maximum Gasteiger partial charge on any atom is 0.161 e. The van der Waals surface area contributed by atoms with E-state index in [4.69, 9.17) is 14.2 Å². The summed E-state index contributed by atoms with van der Waals surface area (Å²) < 4.78 is 16.1. The molecule has 0 bridgehead atoms. The number of piperidine rings is 1. The largest absolute Gasteiger partial charge is 0.497 e. The Balaban J connectivity index is 0.00000212. The quantitative estimate of drug-likeness (QED) is 0.362. The zero-order chi connectivity index (χ0) is 23.6. The smallest absolute Gasteiger partial charge is 0.161 e. The van der Waals surface area contributed by atoms with Gasteiger partial charge in [0.15, 0.2) is 11.5 Å². The molecule has 1 fully saturated rings. The molecule has 1 heterocycles. The maximum atomic E-state index is 5.45. The topological polar surface area (TPSA) is 51.8 Å². The Hall–Kier alpha value is -2.40. The van der Waals surface area contributed by atoms with Gasteiger partial charge in [-0.25, -0.2) is 0 Å². The van der Waals surface area contributed by atoms with Gasteiger partial charge in [-0.05, 0) is 56.0 Å². The van der Waals surface area contributed by atoms with Crippen molar-refractivity contribution < 1.29 is 14.2 Å². The third kappa shape index (κ3) is 9.52. The highest BCUT2D eigenvalue weighted by Crippen LogP contribution is 2.33. The predicted octanol–water partition coefficient (Wildman–Crippen LogP) is 6.15. The van der Waals surface area contributed by atoms with Crippen molar-refractivity contribution in [1.82, 2.24) is 10.6 Å². The number of rotatable bonds is 9. The van der Waals surface area contributed by atoms with Crippen LogP contribution in [-0.4, -0.2) is 33.9 Å². The molecule has 0 spiro atoms. The second kappa shape index (κ2) is 17.3. The van der Waals surface area contributed by atoms with Gasteiger partial charge < -0.3 is 24.8 Å². The third-order valence-electron chi connectivity index (χ3n) is 4.88. The minimum atomic E-state index is 0.312. The molecule has 0 aliphatic carbocycles. The minimum Gasteiger partial charge on any atom is -0.497 e. The lowest BCUT2D eigenvalue weighted by Crippen LogP contribution is -2.43. The lowest BCUT2D eigenvalue weighted by Gasteiger charge is -2.32. The average molecular weight is 433 g/mol. The number of allylic oxidation sites excluding steroid dienone is 3. The first kappa shape index (κ1) is 28.6. The molecule has 176 valence electrons. The monoisotopic (exact) mass is 432 g/mol. The van der Waals surface area contributed by atoms with Crippen LogP contribution < -0.4 is 20.1 Å². The Morgan fingerprint density at radius 3 is 2.32 bits per heavy atom. The van der Waals surface area contributed by atoms with Crippen molar-refractivity contribution in [2.45, 2.75) is 66.0 Å². The molecule has 5 nitrogen and oxygen atoms in total. The number of ether oxygens (including phenoxy) is 3. The van der Waals surface area contributed by atoms with Gasteiger partial charge in [-0.15, -0.1) is 0 Å². The van der Waals surface area contributed by atoms with Gasteiger partial charge in [0.1, 0.15) is 5.76 Å². The average Bonchev–Trinajstić information content (AvgIpc) is 2.86. The Morgan fingerprint density at radius 1 is 1.10 bits per heavy atom. The van der Waals surface area contributed by atoms with Crippen LogP contribution in [0.2, 0.25) is 0 Å². The van der Waals surface area contributed by atoms with E-state index in [0.717, 1.165) is 42.3 Å². The molecule has 2 atom stereocenters. The number of methoxy groups -OCH3 is 3. The number of hydrogen-bond donors (Lipinski definition) is 2. The molecule has 2 N–H and O–H groups in total. The first-order chi connectivity index (χ1) is 15.1. The highest BCUT2D eigenvalue weighted by molar-refractivity contribution is 5.44. The summed E-state index contributed by atoms with van der Waals surface area (Å²) >= 11 is 0. The van der Waals surface area contributed by atoms with Crippen molar-refractivity contribution >= 4 is 0 Å². The van der Waals surface area contributed by atoms with E-state index in [9.17, 15) is 0 Å². The van der Waals surface area contributed by atoms with E-state index in [1.165, 1.54) is 12.0 Å². The first-order valence-corrected chi connectivity index (χ1v) is 11.4. The summed E-state index contributed by atoms with van der Waals surface area (Å²) in [7, 11) is 5.00. The van der Waals surface area contributed by atoms with Crippen LogP contribution >= 0.6 is 0 Å². The third-order valence-corrected chi connectivity index (χ3v) is 4.88. The molecule has 2 unspecified atom stereocenters. The highest BCUT2D eigenvalue weighted by atomic mass is 16.5. The number of hydrogen-bond acceptors (Lipinski definition) is 5. The minimum absolute atomic E-state index is 0.312. The van der Waals surface area contributed by atoms with Gasteiger partial charge >= 0.3 is 0 Å². The van der Waals surface area contributed by atoms with Crippen molar-refractivity contribution in [1.29, 1.82) is 0 Å². The summed E-state index contributed by atoms with van der Waals surface area (Å²) in [5, 5.41) is 7.22. The van der Waals surface area contributed by atoms with Crippen LogP contribution in [-0.2, 0) is 4.74 Å². The van der Waals surface area contributed by atoms with Crippen molar-refractivity contribution in [3.8, 4) is 11.5 Å². The van der Waals surface area contributed by atoms with E-state index in [1.807, 2.05) is 58.9 Å². The van der Waals surface area contributed by atoms with Crippen molar-refractivity contribution in [3.63, 3.8) is 0 Å². The fourth-order valence-electron chi connectivity index (χ4n) is 3.35. The normalized spacial score (nSPS) is 18.5. The standard InChI is InChI=1S/C22H32N2O3.2C2H6/c1-6-17(14-19(7-2)25-3)23-15-18-9-8-10-20(24-18)16-11-12-21(26-4)22(13-16)27-5;2*1-2/h6-7,11-14,18,20,23-24H,1,8-10,15H2,2-5H3;2*1-2H3/b17-14+,19-7+;;. The second-order valence-electron chi connectivity index (χ2n) is 6.54. The van der Waals surface area contributed by atoms with E-state index in [2.05, 4.69) is 29.3 Å². The van der Waals surface area contributed by atoms with Crippen LogP contribution in [0.3, 0.4) is 0 Å². The predicted molar refractivity (Wildman–Crippen MR) is 133 cm³/mol. The van der Waals surface area contributed by atoms with Gasteiger partial charge in [0, 0.05) is 30.4 Å². The van der Waals surface area contributed by atoms with Crippen LogP contribution in [0.4, 0.5) is 0 Å². The van der Waals surface area contributed by atoms with Crippen LogP contribution in [0.5, 0.6) is 11.5 Å². The molecule has 0 radical (unpaired) electrons. The van der Waals surface area contributed by atoms with Gasteiger partial charge in [-0.2, -0.15) is 0 Å². The molecule has 1 aliphatic heterocycles. The molecule has 0 amide bonds. The summed E-state index contributed by atoms with van der Waals surface area (Å²) in [5.41, 5.74) is 2.19. The molecule has 2 rings (SSSR count). The van der Waals surface area contributed by atoms with Crippen LogP contribution in [0.25, 0.3) is 0 Å². The summed E-state index contributed by atoms with van der Waals surface area (Å²) in [6, 6.07) is 6.85. The molecule has 1 aromatic carbocycles. The van der Waals surface area contributed by atoms with Gasteiger partial charge in [0.2, 0.25) is 0 Å². The Labute approximate surface area is 190 Å². The molecule has 1 aliphatic rings. The Morgan fingerprint density at radius 2 is 1.77 bits per heavy atom. The van der Waals surface area contributed by atoms with Crippen molar-refractivity contribution in [2.75, 3.05) is 27.9 Å².